The normalized spacial score (nSPS) is 39.6. The monoisotopic (exact) mass is 1560 g/mol. The van der Waals surface area contributed by atoms with Gasteiger partial charge in [0.05, 0.1) is 121 Å². The summed E-state index contributed by atoms with van der Waals surface area (Å²) in [7, 11) is 0. The van der Waals surface area contributed by atoms with Gasteiger partial charge in [0.1, 0.15) is 18.3 Å². The Kier molecular flexibility index (Phi) is 35.3. The molecule has 6 aliphatic rings. The number of fused-ring (bicyclic) bond motifs is 3. The van der Waals surface area contributed by atoms with Crippen molar-refractivity contribution in [2.45, 2.75) is 376 Å². The van der Waals surface area contributed by atoms with Crippen LogP contribution in [-0.2, 0) is 52.3 Å². The van der Waals surface area contributed by atoms with Crippen molar-refractivity contribution in [3.63, 3.8) is 0 Å². The topological polar surface area (TPSA) is 463 Å². The van der Waals surface area contributed by atoms with Crippen molar-refractivity contribution in [2.75, 3.05) is 0 Å². The molecule has 0 aromatic heterocycles. The molecule has 7 rings (SSSR count). The molecule has 0 radical (unpaired) electrons. The summed E-state index contributed by atoms with van der Waals surface area (Å²) in [5, 5.41) is 168. The highest BCUT2D eigenvalue weighted by Crippen LogP contribution is 2.42. The minimum Gasteiger partial charge on any atom is -0.458 e. The number of aliphatic hydroxyl groups excluding tert-OH is 13. The summed E-state index contributed by atoms with van der Waals surface area (Å²) in [5.74, 6) is -11.3. The predicted molar refractivity (Wildman–Crippen MR) is 399 cm³/mol. The fourth-order valence-electron chi connectivity index (χ4n) is 16.9. The molecule has 5 heterocycles. The fourth-order valence-corrected chi connectivity index (χ4v) is 16.9. The summed E-state index contributed by atoms with van der Waals surface area (Å²) >= 11 is 0. The van der Waals surface area contributed by atoms with Crippen LogP contribution in [0, 0.1) is 35.5 Å². The van der Waals surface area contributed by atoms with Gasteiger partial charge in [0.15, 0.2) is 30.3 Å². The molecule has 15 N–H and O–H groups in total. The molecule has 4 saturated heterocycles. The van der Waals surface area contributed by atoms with E-state index >= 15 is 0 Å². The lowest BCUT2D eigenvalue weighted by Crippen LogP contribution is -2.59. The van der Waals surface area contributed by atoms with Crippen LogP contribution in [0.1, 0.15) is 244 Å². The lowest BCUT2D eigenvalue weighted by atomic mass is 9.77. The van der Waals surface area contributed by atoms with Gasteiger partial charge in [-0.3, -0.25) is 19.2 Å². The van der Waals surface area contributed by atoms with Crippen LogP contribution in [0.5, 0.6) is 0 Å². The van der Waals surface area contributed by atoms with Crippen LogP contribution in [0.4, 0.5) is 0 Å². The molecule has 110 heavy (non-hydrogen) atoms. The van der Waals surface area contributed by atoms with Crippen molar-refractivity contribution in [1.29, 1.82) is 0 Å². The van der Waals surface area contributed by atoms with E-state index in [-0.39, 0.29) is 119 Å². The maximum absolute atomic E-state index is 14.3. The summed E-state index contributed by atoms with van der Waals surface area (Å²) in [6, 6.07) is 4.88. The van der Waals surface area contributed by atoms with Crippen molar-refractivity contribution >= 4 is 29.3 Å². The highest BCUT2D eigenvalue weighted by atomic mass is 16.7. The first-order valence-corrected chi connectivity index (χ1v) is 40.1. The van der Waals surface area contributed by atoms with Gasteiger partial charge in [0.25, 0.3) is 0 Å². The number of benzene rings is 1. The van der Waals surface area contributed by atoms with Crippen molar-refractivity contribution in [3.8, 4) is 0 Å². The number of aliphatic hydroxyl groups is 15. The van der Waals surface area contributed by atoms with Crippen LogP contribution in [0.15, 0.2) is 54.2 Å². The molecule has 1 aliphatic carbocycles. The van der Waals surface area contributed by atoms with E-state index in [4.69, 9.17) is 37.9 Å². The quantitative estimate of drug-likeness (QED) is 0.0778. The Labute approximate surface area is 647 Å². The molecule has 4 fully saturated rings. The maximum Gasteiger partial charge on any atom is 0.330 e. The number of Topliss-reactive ketones (excluding diaryl/α,β-unsaturated/α-hetero) is 2. The van der Waals surface area contributed by atoms with Gasteiger partial charge in [0, 0.05) is 71.6 Å². The minimum atomic E-state index is -2.58. The van der Waals surface area contributed by atoms with Crippen molar-refractivity contribution in [3.05, 3.63) is 70.8 Å². The Morgan fingerprint density at radius 2 is 1.26 bits per heavy atom. The summed E-state index contributed by atoms with van der Waals surface area (Å²) in [4.78, 5) is 67.7. The average molecular weight is 1560 g/mol. The van der Waals surface area contributed by atoms with Gasteiger partial charge in [-0.25, -0.2) is 4.79 Å². The Morgan fingerprint density at radius 3 is 1.92 bits per heavy atom. The molecule has 1 aromatic rings. The third-order valence-corrected chi connectivity index (χ3v) is 23.7. The molecule has 0 amide bonds. The Balaban J connectivity index is 0.953. The maximum atomic E-state index is 14.3. The number of ether oxygens (including phenoxy) is 8. The molecule has 2 bridgehead atoms. The van der Waals surface area contributed by atoms with Crippen molar-refractivity contribution in [1.82, 2.24) is 0 Å². The van der Waals surface area contributed by atoms with Crippen LogP contribution in [0.25, 0.3) is 0 Å². The van der Waals surface area contributed by atoms with Crippen LogP contribution in [0.3, 0.4) is 0 Å². The number of ketones is 3. The number of hydrogen-bond acceptors (Lipinski definition) is 28. The zero-order chi connectivity index (χ0) is 81.5. The second-order valence-electron chi connectivity index (χ2n) is 33.2. The Bertz CT molecular complexity index is 3180. The number of allylic oxidation sites excluding steroid dienone is 2. The molecule has 5 aliphatic heterocycles. The summed E-state index contributed by atoms with van der Waals surface area (Å²) in [5.41, 5.74) is -0.295. The second-order valence-corrected chi connectivity index (χ2v) is 33.2. The molecule has 0 spiro atoms. The zero-order valence-electron chi connectivity index (χ0n) is 66.2. The van der Waals surface area contributed by atoms with E-state index in [0.29, 0.717) is 36.8 Å². The summed E-state index contributed by atoms with van der Waals surface area (Å²) in [6.07, 6.45) is -17.0. The predicted octanol–water partition coefficient (Wildman–Crippen LogP) is 4.83. The lowest BCUT2D eigenvalue weighted by molar-refractivity contribution is -0.336. The molecular formula is C82H130O28. The van der Waals surface area contributed by atoms with E-state index in [1.807, 2.05) is 6.92 Å². The minimum absolute atomic E-state index is 0.0570. The molecule has 626 valence electrons. The third-order valence-electron chi connectivity index (χ3n) is 23.7. The third kappa shape index (κ3) is 25.5. The molecule has 6 unspecified atom stereocenters. The number of carbonyl (C=O) groups is 5. The first-order valence-electron chi connectivity index (χ1n) is 40.1. The average Bonchev–Trinajstić information content (AvgIpc) is 0.782. The van der Waals surface area contributed by atoms with Gasteiger partial charge >= 0.3 is 11.9 Å². The van der Waals surface area contributed by atoms with Crippen LogP contribution in [0.2, 0.25) is 0 Å². The van der Waals surface area contributed by atoms with E-state index in [0.717, 1.165) is 6.08 Å². The van der Waals surface area contributed by atoms with E-state index in [2.05, 4.69) is 0 Å². The molecule has 0 saturated carbocycles. The van der Waals surface area contributed by atoms with Gasteiger partial charge in [0.2, 0.25) is 11.6 Å². The molecule has 1 aromatic carbocycles. The largest absolute Gasteiger partial charge is 0.458 e. The van der Waals surface area contributed by atoms with Gasteiger partial charge in [-0.05, 0) is 167 Å². The SMILES string of the molecule is CC[C@@H](O[C@H]1C[C@@](C)(O)[C@H](O[C@H]2C[C@H](O)[C@H](OC(=O)[C@@H](C)[C@H](c3ccc4c(c3)C(=O)C=C(C)C4=O)[C@H]3CC[C@H](O)[C@H](C)O3)[C@H](C)O2)[C@H](C)O1)[C@H](C)[C@H](O)[C@@H](C)[C@H](O)[C@H](C)[C@H]1OC(=O)C=CCC(O)CC(O)CCCC(O)CCC(C)C(O)C(=O)[C@]2(O)C[C@H](O)C[C@H](C[C@H](O)C[C@@H](O)C[C@@H](O)CCCC(O)C=C[C@@H]1C)O2. The Hall–Kier alpha value is -4.45. The standard InChI is InChI=1S/C82H130O28/c1-13-66(106-70-40-81(12,101)79(50(11)105-70)108-69-38-65(93)77(49(10)104-69)109-80(100)45(6)71(67-30-29-63(91)48(9)103-67)51-25-28-61-62(32-51)64(92)31-43(4)72(61)95)44(5)74(97)46(7)75(98)47(8)76-42(3)24-27-53(84)18-15-20-56(87)34-57(88)35-58(89)36-60-37-59(90)39-82(102,110-60)78(99)73(96)41(2)23-26-52(83)17-14-19-54(85)33-55(86)21-16-22-68(94)107-76/h16,22,24-25,27-28,31-32,41-42,44-50,52-60,63,65-67,69-71,73-77,79,83-91,93,96-98,101-102H,13-15,17-21,23,26,29-30,33-40H2,1-12H3/t41?,42-,44-,45-,46+,47-,48-,49-,50-,52?,53?,54?,55?,56-,57-,58+,59+,60-,63-,65-,66+,67+,69-,70-,71+,73?,74-,75-,76-,77+,79+,81+,82-/m0/s1. The van der Waals surface area contributed by atoms with E-state index in [1.54, 1.807) is 100 Å². The zero-order valence-corrected chi connectivity index (χ0v) is 66.2. The van der Waals surface area contributed by atoms with Crippen LogP contribution < -0.4 is 0 Å². The van der Waals surface area contributed by atoms with E-state index in [1.165, 1.54) is 18.2 Å². The lowest BCUT2D eigenvalue weighted by Gasteiger charge is -2.48. The van der Waals surface area contributed by atoms with E-state index < -0.39 is 224 Å². The van der Waals surface area contributed by atoms with Crippen LogP contribution >= 0.6 is 0 Å². The fraction of sp³-hybridized carbons (Fsp3) is 0.793. The highest BCUT2D eigenvalue weighted by Gasteiger charge is 2.52. The van der Waals surface area contributed by atoms with Gasteiger partial charge in [-0.15, -0.1) is 0 Å². The molecule has 28 heteroatoms. The highest BCUT2D eigenvalue weighted by molar-refractivity contribution is 6.24. The smallest absolute Gasteiger partial charge is 0.330 e. The van der Waals surface area contributed by atoms with Crippen molar-refractivity contribution in [2.24, 2.45) is 35.5 Å². The number of esters is 2. The van der Waals surface area contributed by atoms with Gasteiger partial charge < -0.3 is 114 Å². The number of hydrogen-bond donors (Lipinski definition) is 15. The van der Waals surface area contributed by atoms with E-state index in [9.17, 15) is 101 Å². The Morgan fingerprint density at radius 1 is 0.636 bits per heavy atom. The van der Waals surface area contributed by atoms with Gasteiger partial charge in [-0.1, -0.05) is 78.8 Å². The van der Waals surface area contributed by atoms with Crippen LogP contribution in [-0.4, -0.2) is 264 Å². The molecular weight excluding hydrogens is 1430 g/mol. The first-order chi connectivity index (χ1) is 51.6. The second kappa shape index (κ2) is 41.9. The number of rotatable bonds is 16. The summed E-state index contributed by atoms with van der Waals surface area (Å²) < 4.78 is 49.7. The first kappa shape index (κ1) is 92.7. The number of cyclic esters (lactones) is 1. The number of carbonyl (C=O) groups excluding carboxylic acids is 5. The summed E-state index contributed by atoms with van der Waals surface area (Å²) in [6.45, 7) is 20.0. The molecule has 28 nitrogen and oxygen atoms in total. The molecule has 33 atom stereocenters. The van der Waals surface area contributed by atoms with Gasteiger partial charge in [-0.2, -0.15) is 0 Å². The van der Waals surface area contributed by atoms with Crippen molar-refractivity contribution < 1.29 is 138 Å².